The first-order chi connectivity index (χ1) is 18.7. The highest BCUT2D eigenvalue weighted by molar-refractivity contribution is 5.59. The molecule has 1 aromatic carbocycles. The van der Waals surface area contributed by atoms with Crippen molar-refractivity contribution >= 4 is 5.82 Å². The number of anilines is 1. The fourth-order valence-corrected chi connectivity index (χ4v) is 5.43. The molecule has 1 aliphatic rings. The molecular formula is C28H32F3N7O2. The molecule has 0 radical (unpaired) electrons. The van der Waals surface area contributed by atoms with E-state index in [-0.39, 0.29) is 28.5 Å². The van der Waals surface area contributed by atoms with E-state index in [1.54, 1.807) is 0 Å². The summed E-state index contributed by atoms with van der Waals surface area (Å²) in [5.41, 5.74) is 2.95. The molecule has 5 rings (SSSR count). The minimum Gasteiger partial charge on any atom is -0.406 e. The number of pyridine rings is 1. The molecule has 1 aliphatic heterocycles. The van der Waals surface area contributed by atoms with E-state index in [9.17, 15) is 13.2 Å². The Morgan fingerprint density at radius 1 is 1.07 bits per heavy atom. The first-order valence-electron chi connectivity index (χ1n) is 13.0. The third-order valence-electron chi connectivity index (χ3n) is 6.67. The number of ether oxygens (including phenoxy) is 1. The zero-order valence-electron chi connectivity index (χ0n) is 23.0. The first kappa shape index (κ1) is 27.6. The lowest BCUT2D eigenvalue weighted by atomic mass is 9.79. The topological polar surface area (TPSA) is 103 Å². The maximum Gasteiger partial charge on any atom is 0.573 e. The van der Waals surface area contributed by atoms with E-state index in [1.165, 1.54) is 24.3 Å². The van der Waals surface area contributed by atoms with Gasteiger partial charge in [0.1, 0.15) is 11.6 Å². The molecule has 1 saturated heterocycles. The number of piperidine rings is 1. The molecule has 3 aromatic heterocycles. The number of aromatic nitrogens is 5. The molecule has 0 saturated carbocycles. The van der Waals surface area contributed by atoms with E-state index in [1.807, 2.05) is 36.0 Å². The van der Waals surface area contributed by atoms with Gasteiger partial charge in [-0.1, -0.05) is 11.2 Å². The number of rotatable bonds is 7. The molecule has 9 nitrogen and oxygen atoms in total. The van der Waals surface area contributed by atoms with E-state index in [0.29, 0.717) is 23.8 Å². The van der Waals surface area contributed by atoms with Gasteiger partial charge < -0.3 is 19.9 Å². The van der Waals surface area contributed by atoms with Crippen LogP contribution in [0.1, 0.15) is 51.8 Å². The van der Waals surface area contributed by atoms with E-state index in [0.717, 1.165) is 29.9 Å². The summed E-state index contributed by atoms with van der Waals surface area (Å²) in [7, 11) is 0. The Balaban J connectivity index is 1.23. The number of aryl methyl sites for hydroxylation is 1. The summed E-state index contributed by atoms with van der Waals surface area (Å²) >= 11 is 0. The van der Waals surface area contributed by atoms with Crippen LogP contribution < -0.4 is 15.4 Å². The van der Waals surface area contributed by atoms with Crippen LogP contribution in [-0.2, 0) is 6.54 Å². The van der Waals surface area contributed by atoms with Crippen LogP contribution in [0.15, 0.2) is 53.2 Å². The van der Waals surface area contributed by atoms with Gasteiger partial charge in [0.25, 0.3) is 5.89 Å². The molecule has 0 atom stereocenters. The summed E-state index contributed by atoms with van der Waals surface area (Å²) in [5.74, 6) is 0.954. The quantitative estimate of drug-likeness (QED) is 0.288. The normalized spacial score (nSPS) is 17.1. The van der Waals surface area contributed by atoms with Crippen LogP contribution >= 0.6 is 0 Å². The molecule has 0 amide bonds. The third kappa shape index (κ3) is 6.79. The Labute approximate surface area is 230 Å². The van der Waals surface area contributed by atoms with Gasteiger partial charge in [-0.05, 0) is 89.4 Å². The lowest BCUT2D eigenvalue weighted by Crippen LogP contribution is -2.60. The van der Waals surface area contributed by atoms with Gasteiger partial charge in [-0.15, -0.1) is 13.2 Å². The SMILES string of the molecule is Cc1cc(-c2nc(-c3ccc(OC(F)(F)F)cc3)no2)nn1Cc1ccc(NC2CC(C)(C)NC(C)(C)C2)nc1. The molecular weight excluding hydrogens is 523 g/mol. The highest BCUT2D eigenvalue weighted by atomic mass is 19.4. The summed E-state index contributed by atoms with van der Waals surface area (Å²) in [4.78, 5) is 9.00. The number of benzene rings is 1. The number of hydrogen-bond donors (Lipinski definition) is 2. The van der Waals surface area contributed by atoms with Crippen molar-refractivity contribution in [3.8, 4) is 28.7 Å². The highest BCUT2D eigenvalue weighted by Gasteiger charge is 2.37. The number of nitrogens with one attached hydrogen (secondary N) is 2. The van der Waals surface area contributed by atoms with Crippen molar-refractivity contribution in [2.24, 2.45) is 0 Å². The average Bonchev–Trinajstić information content (AvgIpc) is 3.45. The van der Waals surface area contributed by atoms with Gasteiger partial charge >= 0.3 is 6.36 Å². The minimum atomic E-state index is -4.76. The summed E-state index contributed by atoms with van der Waals surface area (Å²) in [6, 6.07) is 11.4. The molecule has 0 unspecified atom stereocenters. The number of alkyl halides is 3. The van der Waals surface area contributed by atoms with Gasteiger partial charge in [0, 0.05) is 34.6 Å². The van der Waals surface area contributed by atoms with Crippen molar-refractivity contribution in [1.82, 2.24) is 30.2 Å². The number of hydrogen-bond acceptors (Lipinski definition) is 8. The Morgan fingerprint density at radius 3 is 2.40 bits per heavy atom. The van der Waals surface area contributed by atoms with Crippen molar-refractivity contribution in [3.05, 3.63) is 59.9 Å². The second-order valence-electron chi connectivity index (χ2n) is 11.5. The molecule has 1 fully saturated rings. The second-order valence-corrected chi connectivity index (χ2v) is 11.5. The molecule has 212 valence electrons. The summed E-state index contributed by atoms with van der Waals surface area (Å²) in [6.45, 7) is 11.3. The molecule has 4 aromatic rings. The predicted octanol–water partition coefficient (Wildman–Crippen LogP) is 5.97. The van der Waals surface area contributed by atoms with Crippen molar-refractivity contribution in [1.29, 1.82) is 0 Å². The largest absolute Gasteiger partial charge is 0.573 e. The molecule has 12 heteroatoms. The molecule has 0 aliphatic carbocycles. The van der Waals surface area contributed by atoms with Crippen molar-refractivity contribution in [2.45, 2.75) is 77.5 Å². The zero-order chi connectivity index (χ0) is 28.7. The highest BCUT2D eigenvalue weighted by Crippen LogP contribution is 2.30. The predicted molar refractivity (Wildman–Crippen MR) is 144 cm³/mol. The Kier molecular flexibility index (Phi) is 7.07. The van der Waals surface area contributed by atoms with Crippen LogP contribution in [0.3, 0.4) is 0 Å². The standard InChI is InChI=1S/C28H32F3N7O2/c1-17-12-22(25-34-24(36-40-25)19-7-9-21(10-8-19)39-28(29,30)31)35-38(17)16-18-6-11-23(32-15-18)33-20-13-26(2,3)37-27(4,5)14-20/h6-12,15,20,37H,13-14,16H2,1-5H3,(H,32,33). The molecule has 2 N–H and O–H groups in total. The smallest absolute Gasteiger partial charge is 0.406 e. The van der Waals surface area contributed by atoms with Gasteiger partial charge in [0.15, 0.2) is 5.69 Å². The van der Waals surface area contributed by atoms with Crippen molar-refractivity contribution < 1.29 is 22.4 Å². The molecule has 40 heavy (non-hydrogen) atoms. The van der Waals surface area contributed by atoms with E-state index in [4.69, 9.17) is 4.52 Å². The lowest BCUT2D eigenvalue weighted by molar-refractivity contribution is -0.274. The summed E-state index contributed by atoms with van der Waals surface area (Å²) in [6.07, 6.45) is -0.902. The van der Waals surface area contributed by atoms with Gasteiger partial charge in [0.05, 0.1) is 6.54 Å². The van der Waals surface area contributed by atoms with Crippen molar-refractivity contribution in [2.75, 3.05) is 5.32 Å². The maximum absolute atomic E-state index is 12.4. The summed E-state index contributed by atoms with van der Waals surface area (Å²) in [5, 5.41) is 15.8. The van der Waals surface area contributed by atoms with E-state index < -0.39 is 6.36 Å². The zero-order valence-corrected chi connectivity index (χ0v) is 23.0. The Bertz CT molecular complexity index is 1440. The fourth-order valence-electron chi connectivity index (χ4n) is 5.43. The van der Waals surface area contributed by atoms with Crippen molar-refractivity contribution in [3.63, 3.8) is 0 Å². The monoisotopic (exact) mass is 555 g/mol. The Morgan fingerprint density at radius 2 is 1.77 bits per heavy atom. The fraction of sp³-hybridized carbons (Fsp3) is 0.429. The first-order valence-corrected chi connectivity index (χ1v) is 13.0. The van der Waals surface area contributed by atoms with Gasteiger partial charge in [-0.25, -0.2) is 4.98 Å². The number of nitrogens with zero attached hydrogens (tertiary/aromatic N) is 5. The maximum atomic E-state index is 12.4. The minimum absolute atomic E-state index is 0.0456. The van der Waals surface area contributed by atoms with E-state index >= 15 is 0 Å². The Hall–Kier alpha value is -3.93. The second kappa shape index (κ2) is 10.2. The van der Waals surface area contributed by atoms with E-state index in [2.05, 4.69) is 63.3 Å². The summed E-state index contributed by atoms with van der Waals surface area (Å²) < 4.78 is 48.3. The van der Waals surface area contributed by atoms with Crippen LogP contribution in [0.4, 0.5) is 19.0 Å². The van der Waals surface area contributed by atoms with Gasteiger partial charge in [0.2, 0.25) is 5.82 Å². The number of halogens is 3. The van der Waals surface area contributed by atoms with Gasteiger partial charge in [-0.2, -0.15) is 10.1 Å². The average molecular weight is 556 g/mol. The van der Waals surface area contributed by atoms with Crippen LogP contribution in [0, 0.1) is 6.92 Å². The van der Waals surface area contributed by atoms with Crippen LogP contribution in [0.25, 0.3) is 23.0 Å². The molecule has 4 heterocycles. The van der Waals surface area contributed by atoms with Crippen LogP contribution in [0.2, 0.25) is 0 Å². The van der Waals surface area contributed by atoms with Crippen LogP contribution in [0.5, 0.6) is 5.75 Å². The molecule has 0 bridgehead atoms. The lowest BCUT2D eigenvalue weighted by Gasteiger charge is -2.46. The van der Waals surface area contributed by atoms with Gasteiger partial charge in [-0.3, -0.25) is 4.68 Å². The van der Waals surface area contributed by atoms with Crippen LogP contribution in [-0.4, -0.2) is 48.4 Å². The third-order valence-corrected chi connectivity index (χ3v) is 6.67. The molecule has 0 spiro atoms.